The van der Waals surface area contributed by atoms with Gasteiger partial charge in [0.1, 0.15) is 5.82 Å². The fourth-order valence-electron chi connectivity index (χ4n) is 5.99. The topological polar surface area (TPSA) is 70.1 Å². The van der Waals surface area contributed by atoms with Crippen molar-refractivity contribution in [1.29, 1.82) is 5.26 Å². The van der Waals surface area contributed by atoms with Gasteiger partial charge in [0.15, 0.2) is 5.78 Å². The van der Waals surface area contributed by atoms with Crippen molar-refractivity contribution in [3.8, 4) is 6.07 Å². The SMILES string of the molecule is Cc1cc(C)c(C2C(C#N)=C(N)N(c3cccc(Cl)c3)C3=C2C(=O)CC(C)(C)C3)cc1CSc1ccccc1C. The van der Waals surface area contributed by atoms with Gasteiger partial charge in [0.05, 0.1) is 17.6 Å². The largest absolute Gasteiger partial charge is 0.384 e. The highest BCUT2D eigenvalue weighted by atomic mass is 35.5. The summed E-state index contributed by atoms with van der Waals surface area (Å²) < 4.78 is 0. The first-order valence-corrected chi connectivity index (χ1v) is 14.9. The maximum absolute atomic E-state index is 14.0. The van der Waals surface area contributed by atoms with E-state index in [9.17, 15) is 10.1 Å². The Balaban J connectivity index is 1.67. The van der Waals surface area contributed by atoms with Crippen molar-refractivity contribution in [2.24, 2.45) is 11.1 Å². The number of ketones is 1. The van der Waals surface area contributed by atoms with Gasteiger partial charge in [-0.2, -0.15) is 5.26 Å². The molecule has 0 saturated carbocycles. The van der Waals surface area contributed by atoms with Gasteiger partial charge in [0, 0.05) is 39.0 Å². The zero-order valence-corrected chi connectivity index (χ0v) is 25.2. The number of thioether (sulfide) groups is 1. The van der Waals surface area contributed by atoms with E-state index in [1.54, 1.807) is 17.8 Å². The van der Waals surface area contributed by atoms with E-state index in [0.717, 1.165) is 28.3 Å². The van der Waals surface area contributed by atoms with Crippen LogP contribution in [0.25, 0.3) is 0 Å². The van der Waals surface area contributed by atoms with Crippen LogP contribution in [0.4, 0.5) is 5.69 Å². The number of nitrogens with two attached hydrogens (primary N) is 1. The maximum Gasteiger partial charge on any atom is 0.162 e. The molecule has 0 spiro atoms. The van der Waals surface area contributed by atoms with E-state index in [-0.39, 0.29) is 11.2 Å². The highest BCUT2D eigenvalue weighted by molar-refractivity contribution is 7.98. The molecule has 3 aromatic carbocycles. The van der Waals surface area contributed by atoms with Crippen molar-refractivity contribution in [2.45, 2.75) is 64.0 Å². The van der Waals surface area contributed by atoms with Crippen LogP contribution >= 0.6 is 23.4 Å². The average Bonchev–Trinajstić information content (AvgIpc) is 2.88. The van der Waals surface area contributed by atoms with Crippen LogP contribution < -0.4 is 10.6 Å². The number of carbonyl (C=O) groups is 1. The van der Waals surface area contributed by atoms with Crippen molar-refractivity contribution in [3.05, 3.63) is 116 Å². The van der Waals surface area contributed by atoms with E-state index in [0.29, 0.717) is 34.8 Å². The van der Waals surface area contributed by atoms with Crippen LogP contribution in [0.1, 0.15) is 60.4 Å². The molecule has 0 saturated heterocycles. The van der Waals surface area contributed by atoms with E-state index in [4.69, 9.17) is 17.3 Å². The molecule has 0 bridgehead atoms. The third-order valence-electron chi connectivity index (χ3n) is 7.96. The lowest BCUT2D eigenvalue weighted by atomic mass is 9.68. The van der Waals surface area contributed by atoms with Crippen LogP contribution in [-0.2, 0) is 10.5 Å². The second-order valence-electron chi connectivity index (χ2n) is 11.6. The Bertz CT molecular complexity index is 1630. The first kappa shape index (κ1) is 28.1. The van der Waals surface area contributed by atoms with Crippen LogP contribution in [0.2, 0.25) is 5.02 Å². The molecule has 2 aliphatic rings. The van der Waals surface area contributed by atoms with Crippen LogP contribution in [0.15, 0.2) is 88.2 Å². The predicted molar refractivity (Wildman–Crippen MR) is 165 cm³/mol. The third-order valence-corrected chi connectivity index (χ3v) is 9.42. The summed E-state index contributed by atoms with van der Waals surface area (Å²) >= 11 is 8.17. The molecule has 0 radical (unpaired) electrons. The summed E-state index contributed by atoms with van der Waals surface area (Å²) in [7, 11) is 0. The van der Waals surface area contributed by atoms with Gasteiger partial charge in [0.25, 0.3) is 0 Å². The number of benzene rings is 3. The normalized spacial score (nSPS) is 18.6. The lowest BCUT2D eigenvalue weighted by Crippen LogP contribution is -2.42. The Morgan fingerprint density at radius 2 is 1.77 bits per heavy atom. The van der Waals surface area contributed by atoms with Gasteiger partial charge >= 0.3 is 0 Å². The van der Waals surface area contributed by atoms with Gasteiger partial charge in [-0.05, 0) is 84.7 Å². The number of hydrogen-bond donors (Lipinski definition) is 1. The van der Waals surface area contributed by atoms with Gasteiger partial charge in [-0.1, -0.05) is 61.8 Å². The summed E-state index contributed by atoms with van der Waals surface area (Å²) in [5.41, 5.74) is 14.9. The fraction of sp³-hybridized carbons (Fsp3) is 0.294. The van der Waals surface area contributed by atoms with Crippen molar-refractivity contribution in [1.82, 2.24) is 0 Å². The molecule has 40 heavy (non-hydrogen) atoms. The summed E-state index contributed by atoms with van der Waals surface area (Å²) in [4.78, 5) is 17.1. The molecule has 4 nitrogen and oxygen atoms in total. The molecule has 0 aromatic heterocycles. The molecular formula is C34H34ClN3OS. The molecule has 6 heteroatoms. The Kier molecular flexibility index (Phi) is 7.61. The average molecular weight is 568 g/mol. The molecule has 204 valence electrons. The maximum atomic E-state index is 14.0. The molecule has 5 rings (SSSR count). The van der Waals surface area contributed by atoms with Crippen LogP contribution in [0.5, 0.6) is 0 Å². The quantitative estimate of drug-likeness (QED) is 0.313. The number of Topliss-reactive ketones (excluding diaryl/α,β-unsaturated/α-hetero) is 1. The minimum absolute atomic E-state index is 0.0688. The second kappa shape index (κ2) is 10.8. The Morgan fingerprint density at radius 1 is 1.02 bits per heavy atom. The number of halogens is 1. The van der Waals surface area contributed by atoms with E-state index < -0.39 is 5.92 Å². The smallest absolute Gasteiger partial charge is 0.162 e. The summed E-state index contributed by atoms with van der Waals surface area (Å²) in [6.45, 7) is 10.5. The van der Waals surface area contributed by atoms with Gasteiger partial charge in [-0.15, -0.1) is 11.8 Å². The molecule has 1 aliphatic carbocycles. The van der Waals surface area contributed by atoms with Crippen molar-refractivity contribution < 1.29 is 4.79 Å². The molecule has 0 fully saturated rings. The highest BCUT2D eigenvalue weighted by Crippen LogP contribution is 2.51. The fourth-order valence-corrected chi connectivity index (χ4v) is 7.26. The van der Waals surface area contributed by atoms with Crippen molar-refractivity contribution >= 4 is 34.8 Å². The van der Waals surface area contributed by atoms with Crippen LogP contribution in [0, 0.1) is 37.5 Å². The first-order valence-electron chi connectivity index (χ1n) is 13.5. The molecule has 1 atom stereocenters. The zero-order valence-electron chi connectivity index (χ0n) is 23.6. The zero-order chi connectivity index (χ0) is 28.8. The summed E-state index contributed by atoms with van der Waals surface area (Å²) in [6, 6.07) is 22.6. The summed E-state index contributed by atoms with van der Waals surface area (Å²) in [5.74, 6) is 0.704. The van der Waals surface area contributed by atoms with E-state index in [2.05, 4.69) is 77.1 Å². The second-order valence-corrected chi connectivity index (χ2v) is 13.1. The van der Waals surface area contributed by atoms with Crippen LogP contribution in [-0.4, -0.2) is 5.78 Å². The van der Waals surface area contributed by atoms with Crippen molar-refractivity contribution in [2.75, 3.05) is 4.90 Å². The number of carbonyl (C=O) groups excluding carboxylic acids is 1. The monoisotopic (exact) mass is 567 g/mol. The number of allylic oxidation sites excluding steroid dienone is 3. The highest BCUT2D eigenvalue weighted by Gasteiger charge is 2.45. The number of rotatable bonds is 5. The van der Waals surface area contributed by atoms with E-state index in [1.165, 1.54) is 21.6 Å². The van der Waals surface area contributed by atoms with Gasteiger partial charge < -0.3 is 5.73 Å². The lowest BCUT2D eigenvalue weighted by molar-refractivity contribution is -0.118. The summed E-state index contributed by atoms with van der Waals surface area (Å²) in [6.07, 6.45) is 1.09. The third kappa shape index (κ3) is 5.19. The Labute approximate surface area is 246 Å². The Hall–Kier alpha value is -3.46. The van der Waals surface area contributed by atoms with E-state index >= 15 is 0 Å². The molecular weight excluding hydrogens is 534 g/mol. The number of anilines is 1. The molecule has 0 amide bonds. The number of nitriles is 1. The summed E-state index contributed by atoms with van der Waals surface area (Å²) in [5, 5.41) is 11.1. The minimum atomic E-state index is -0.512. The molecule has 1 aliphatic heterocycles. The first-order chi connectivity index (χ1) is 19.0. The lowest BCUT2D eigenvalue weighted by Gasteiger charge is -2.44. The molecule has 1 heterocycles. The Morgan fingerprint density at radius 3 is 2.48 bits per heavy atom. The van der Waals surface area contributed by atoms with Gasteiger partial charge in [0.2, 0.25) is 0 Å². The van der Waals surface area contributed by atoms with E-state index in [1.807, 2.05) is 23.1 Å². The standard InChI is InChI=1S/C34H34ClN3OS/c1-20-9-6-7-12-30(20)40-19-23-14-26(22(3)13-21(23)2)31-27(18-36)33(37)38(25-11-8-10-24(35)15-25)28-16-34(4,5)17-29(39)32(28)31/h6-15,31H,16-17,19,37H2,1-5H3. The van der Waals surface area contributed by atoms with Crippen molar-refractivity contribution in [3.63, 3.8) is 0 Å². The predicted octanol–water partition coefficient (Wildman–Crippen LogP) is 8.50. The number of nitrogens with zero attached hydrogens (tertiary/aromatic N) is 2. The van der Waals surface area contributed by atoms with Crippen LogP contribution in [0.3, 0.4) is 0 Å². The van der Waals surface area contributed by atoms with Gasteiger partial charge in [-0.25, -0.2) is 0 Å². The number of aryl methyl sites for hydroxylation is 3. The minimum Gasteiger partial charge on any atom is -0.384 e. The number of hydrogen-bond acceptors (Lipinski definition) is 5. The molecule has 1 unspecified atom stereocenters. The molecule has 3 aromatic rings. The molecule has 2 N–H and O–H groups in total. The van der Waals surface area contributed by atoms with Gasteiger partial charge in [-0.3, -0.25) is 9.69 Å².